The molecule has 0 bridgehead atoms. The second-order valence-corrected chi connectivity index (χ2v) is 7.65. The van der Waals surface area contributed by atoms with Crippen LogP contribution in [0.2, 0.25) is 0 Å². The summed E-state index contributed by atoms with van der Waals surface area (Å²) in [5.41, 5.74) is 3.19. The highest BCUT2D eigenvalue weighted by atomic mass is 32.1. The second-order valence-electron chi connectivity index (χ2n) is 6.55. The first-order chi connectivity index (χ1) is 11.7. The summed E-state index contributed by atoms with van der Waals surface area (Å²) < 4.78 is 5.20. The van der Waals surface area contributed by atoms with Gasteiger partial charge in [-0.15, -0.1) is 11.3 Å². The molecule has 1 aromatic heterocycles. The lowest BCUT2D eigenvalue weighted by Crippen LogP contribution is -2.38. The average molecular weight is 342 g/mol. The van der Waals surface area contributed by atoms with Crippen LogP contribution in [0.25, 0.3) is 0 Å². The van der Waals surface area contributed by atoms with Crippen LogP contribution in [0, 0.1) is 5.92 Å². The van der Waals surface area contributed by atoms with Crippen molar-refractivity contribution in [1.29, 1.82) is 0 Å². The van der Waals surface area contributed by atoms with Crippen LogP contribution < -0.4 is 15.4 Å². The number of hydrogen-bond acceptors (Lipinski definition) is 4. The molecule has 5 heteroatoms. The molecule has 0 fully saturated rings. The summed E-state index contributed by atoms with van der Waals surface area (Å²) in [6.45, 7) is 2.26. The van der Waals surface area contributed by atoms with Crippen molar-refractivity contribution in [2.75, 3.05) is 12.4 Å². The molecule has 0 saturated carbocycles. The Morgan fingerprint density at radius 3 is 2.75 bits per heavy atom. The summed E-state index contributed by atoms with van der Waals surface area (Å²) >= 11 is 1.77. The van der Waals surface area contributed by atoms with E-state index in [0.717, 1.165) is 40.6 Å². The minimum Gasteiger partial charge on any atom is -0.497 e. The first-order valence-corrected chi connectivity index (χ1v) is 9.37. The monoisotopic (exact) mass is 342 g/mol. The number of amides is 1. The van der Waals surface area contributed by atoms with Crippen molar-refractivity contribution >= 4 is 22.2 Å². The van der Waals surface area contributed by atoms with Gasteiger partial charge in [-0.2, -0.15) is 0 Å². The number of anilines is 1. The molecule has 126 valence electrons. The van der Waals surface area contributed by atoms with Gasteiger partial charge in [0.2, 0.25) is 0 Å². The standard InChI is InChI=1S/C19H22N2O2S/c1-3-11-4-9-14-15(10-11)24-19-16(14)18(22)20-17(21-19)12-5-7-13(23-2)8-6-12/h5-8,11,17,21H,3-4,9-10H2,1-2H3,(H,20,22)/t11-,17-/m1/s1. The predicted octanol–water partition coefficient (Wildman–Crippen LogP) is 4.13. The number of methoxy groups -OCH3 is 1. The smallest absolute Gasteiger partial charge is 0.256 e. The maximum atomic E-state index is 12.7. The van der Waals surface area contributed by atoms with Crippen molar-refractivity contribution in [3.8, 4) is 5.75 Å². The van der Waals surface area contributed by atoms with Gasteiger partial charge in [0.05, 0.1) is 12.7 Å². The zero-order chi connectivity index (χ0) is 16.7. The third-order valence-corrected chi connectivity index (χ3v) is 6.36. The Morgan fingerprint density at radius 2 is 2.04 bits per heavy atom. The van der Waals surface area contributed by atoms with E-state index in [-0.39, 0.29) is 12.1 Å². The van der Waals surface area contributed by atoms with E-state index in [9.17, 15) is 4.79 Å². The molecule has 2 aliphatic rings. The van der Waals surface area contributed by atoms with E-state index in [1.165, 1.54) is 23.3 Å². The van der Waals surface area contributed by atoms with E-state index in [4.69, 9.17) is 4.74 Å². The fraction of sp³-hybridized carbons (Fsp3) is 0.421. The van der Waals surface area contributed by atoms with Crippen molar-refractivity contribution in [3.05, 3.63) is 45.8 Å². The summed E-state index contributed by atoms with van der Waals surface area (Å²) in [6.07, 6.45) is 4.38. The Bertz CT molecular complexity index is 766. The van der Waals surface area contributed by atoms with Gasteiger partial charge in [-0.1, -0.05) is 25.5 Å². The minimum atomic E-state index is -0.182. The number of hydrogen-bond donors (Lipinski definition) is 2. The van der Waals surface area contributed by atoms with Crippen molar-refractivity contribution in [2.45, 2.75) is 38.8 Å². The highest BCUT2D eigenvalue weighted by molar-refractivity contribution is 7.16. The molecule has 0 saturated heterocycles. The van der Waals surface area contributed by atoms with Crippen LogP contribution in [0.3, 0.4) is 0 Å². The lowest BCUT2D eigenvalue weighted by atomic mass is 9.85. The van der Waals surface area contributed by atoms with Crippen LogP contribution in [0.4, 0.5) is 5.00 Å². The Balaban J connectivity index is 1.63. The largest absolute Gasteiger partial charge is 0.497 e. The molecule has 1 aromatic carbocycles. The minimum absolute atomic E-state index is 0.0528. The van der Waals surface area contributed by atoms with Crippen LogP contribution in [0.1, 0.15) is 52.3 Å². The quantitative estimate of drug-likeness (QED) is 0.882. The van der Waals surface area contributed by atoms with Gasteiger partial charge in [0, 0.05) is 4.88 Å². The Hall–Kier alpha value is -2.01. The van der Waals surface area contributed by atoms with Gasteiger partial charge >= 0.3 is 0 Å². The molecule has 2 N–H and O–H groups in total. The summed E-state index contributed by atoms with van der Waals surface area (Å²) in [7, 11) is 1.65. The molecule has 24 heavy (non-hydrogen) atoms. The molecule has 2 aromatic rings. The lowest BCUT2D eigenvalue weighted by Gasteiger charge is -2.27. The van der Waals surface area contributed by atoms with Gasteiger partial charge in [-0.3, -0.25) is 4.79 Å². The van der Waals surface area contributed by atoms with E-state index in [1.54, 1.807) is 18.4 Å². The summed E-state index contributed by atoms with van der Waals surface area (Å²) in [6, 6.07) is 7.82. The molecular formula is C19H22N2O2S. The second kappa shape index (κ2) is 6.13. The van der Waals surface area contributed by atoms with Crippen LogP contribution in [-0.4, -0.2) is 13.0 Å². The Morgan fingerprint density at radius 1 is 1.25 bits per heavy atom. The van der Waals surface area contributed by atoms with Gasteiger partial charge in [-0.25, -0.2) is 0 Å². The number of thiophene rings is 1. The molecule has 0 radical (unpaired) electrons. The molecule has 2 heterocycles. The van der Waals surface area contributed by atoms with Crippen molar-refractivity contribution in [1.82, 2.24) is 5.32 Å². The van der Waals surface area contributed by atoms with Crippen molar-refractivity contribution < 1.29 is 9.53 Å². The number of benzene rings is 1. The Labute approximate surface area is 146 Å². The number of carbonyl (C=O) groups is 1. The van der Waals surface area contributed by atoms with Gasteiger partial charge in [-0.05, 0) is 48.4 Å². The highest BCUT2D eigenvalue weighted by Gasteiger charge is 2.33. The zero-order valence-corrected chi connectivity index (χ0v) is 14.8. The van der Waals surface area contributed by atoms with Crippen LogP contribution in [0.5, 0.6) is 5.75 Å². The predicted molar refractivity (Wildman–Crippen MR) is 96.9 cm³/mol. The fourth-order valence-corrected chi connectivity index (χ4v) is 5.07. The molecule has 1 aliphatic heterocycles. The van der Waals surface area contributed by atoms with Crippen LogP contribution >= 0.6 is 11.3 Å². The summed E-state index contributed by atoms with van der Waals surface area (Å²) in [4.78, 5) is 14.1. The first kappa shape index (κ1) is 15.5. The highest BCUT2D eigenvalue weighted by Crippen LogP contribution is 2.43. The topological polar surface area (TPSA) is 50.4 Å². The molecule has 0 spiro atoms. The third kappa shape index (κ3) is 2.57. The third-order valence-electron chi connectivity index (χ3n) is 5.17. The normalized spacial score (nSPS) is 22.2. The number of nitrogens with one attached hydrogen (secondary N) is 2. The number of carbonyl (C=O) groups excluding carboxylic acids is 1. The van der Waals surface area contributed by atoms with E-state index in [1.807, 2.05) is 24.3 Å². The van der Waals surface area contributed by atoms with Gasteiger partial charge in [0.1, 0.15) is 16.9 Å². The number of rotatable bonds is 3. The number of fused-ring (bicyclic) bond motifs is 3. The molecule has 2 atom stereocenters. The SMILES string of the molecule is CC[C@@H]1CCc2c(sc3c2C(=O)N[C@@H](c2ccc(OC)cc2)N3)C1. The summed E-state index contributed by atoms with van der Waals surface area (Å²) in [5.74, 6) is 1.63. The summed E-state index contributed by atoms with van der Waals surface area (Å²) in [5, 5.41) is 7.65. The molecular weight excluding hydrogens is 320 g/mol. The molecule has 4 rings (SSSR count). The Kier molecular flexibility index (Phi) is 3.96. The molecule has 1 amide bonds. The fourth-order valence-electron chi connectivity index (χ4n) is 3.68. The zero-order valence-electron chi connectivity index (χ0n) is 14.0. The van der Waals surface area contributed by atoms with E-state index in [2.05, 4.69) is 17.6 Å². The van der Waals surface area contributed by atoms with Crippen molar-refractivity contribution in [3.63, 3.8) is 0 Å². The number of ether oxygens (including phenoxy) is 1. The first-order valence-electron chi connectivity index (χ1n) is 8.55. The van der Waals surface area contributed by atoms with Crippen LogP contribution in [0.15, 0.2) is 24.3 Å². The average Bonchev–Trinajstić information content (AvgIpc) is 2.99. The molecule has 1 aliphatic carbocycles. The van der Waals surface area contributed by atoms with Gasteiger partial charge in [0.25, 0.3) is 5.91 Å². The lowest BCUT2D eigenvalue weighted by molar-refractivity contribution is 0.0935. The van der Waals surface area contributed by atoms with E-state index in [0.29, 0.717) is 0 Å². The van der Waals surface area contributed by atoms with E-state index >= 15 is 0 Å². The molecule has 0 unspecified atom stereocenters. The maximum Gasteiger partial charge on any atom is 0.256 e. The van der Waals surface area contributed by atoms with Gasteiger partial charge in [0.15, 0.2) is 0 Å². The van der Waals surface area contributed by atoms with Crippen molar-refractivity contribution in [2.24, 2.45) is 5.92 Å². The van der Waals surface area contributed by atoms with E-state index < -0.39 is 0 Å². The van der Waals surface area contributed by atoms with Crippen LogP contribution in [-0.2, 0) is 12.8 Å². The molecule has 4 nitrogen and oxygen atoms in total. The maximum absolute atomic E-state index is 12.7. The van der Waals surface area contributed by atoms with Gasteiger partial charge < -0.3 is 15.4 Å².